The van der Waals surface area contributed by atoms with Crippen molar-refractivity contribution in [1.29, 1.82) is 0 Å². The van der Waals surface area contributed by atoms with Crippen LogP contribution in [0.5, 0.6) is 0 Å². The van der Waals surface area contributed by atoms with Crippen LogP contribution in [0.15, 0.2) is 30.3 Å². The van der Waals surface area contributed by atoms with E-state index in [4.69, 9.17) is 9.47 Å². The molecule has 0 amide bonds. The molecule has 0 saturated heterocycles. The van der Waals surface area contributed by atoms with Crippen LogP contribution in [0.1, 0.15) is 58.1 Å². The molecular weight excluding hydrogens is 260 g/mol. The van der Waals surface area contributed by atoms with Gasteiger partial charge in [-0.15, -0.1) is 5.92 Å². The Labute approximate surface area is 129 Å². The summed E-state index contributed by atoms with van der Waals surface area (Å²) >= 11 is 0. The Morgan fingerprint density at radius 1 is 1.00 bits per heavy atom. The normalized spacial score (nSPS) is 13.3. The van der Waals surface area contributed by atoms with E-state index in [-0.39, 0.29) is 12.2 Å². The Morgan fingerprint density at radius 3 is 2.33 bits per heavy atom. The number of rotatable bonds is 9. The lowest BCUT2D eigenvalue weighted by molar-refractivity contribution is 0.00928. The summed E-state index contributed by atoms with van der Waals surface area (Å²) in [5.41, 5.74) is 1.19. The van der Waals surface area contributed by atoms with Crippen LogP contribution in [0.4, 0.5) is 0 Å². The number of hydrogen-bond acceptors (Lipinski definition) is 2. The van der Waals surface area contributed by atoms with Gasteiger partial charge in [-0.05, 0) is 25.8 Å². The van der Waals surface area contributed by atoms with Gasteiger partial charge in [0, 0.05) is 26.1 Å². The van der Waals surface area contributed by atoms with Crippen LogP contribution in [-0.4, -0.2) is 19.3 Å². The highest BCUT2D eigenvalue weighted by atomic mass is 16.5. The predicted molar refractivity (Wildman–Crippen MR) is 88.1 cm³/mol. The molecule has 0 saturated carbocycles. The van der Waals surface area contributed by atoms with Gasteiger partial charge in [-0.3, -0.25) is 0 Å². The Morgan fingerprint density at radius 2 is 1.71 bits per heavy atom. The number of hydrogen-bond donors (Lipinski definition) is 0. The first-order chi connectivity index (χ1) is 10.3. The highest BCUT2D eigenvalue weighted by Crippen LogP contribution is 2.23. The van der Waals surface area contributed by atoms with Crippen LogP contribution in [-0.2, 0) is 9.47 Å². The minimum absolute atomic E-state index is 0.0493. The molecule has 0 heterocycles. The van der Waals surface area contributed by atoms with Crippen LogP contribution in [0.25, 0.3) is 0 Å². The average molecular weight is 288 g/mol. The topological polar surface area (TPSA) is 18.5 Å². The molecule has 0 aliphatic heterocycles. The standard InChI is InChI=1S/C19H28O2/c1-4-7-8-12-15-18(20-5-2)16-19(21-6-3)17-13-10-9-11-14-17/h9-11,13-14,18-19H,4-8,16H2,1-3H3/t18-,19+/m0/s1. The van der Waals surface area contributed by atoms with Gasteiger partial charge in [0.25, 0.3) is 0 Å². The van der Waals surface area contributed by atoms with Crippen LogP contribution in [0.2, 0.25) is 0 Å². The first-order valence-corrected chi connectivity index (χ1v) is 8.08. The van der Waals surface area contributed by atoms with E-state index in [9.17, 15) is 0 Å². The van der Waals surface area contributed by atoms with Crippen molar-refractivity contribution in [3.05, 3.63) is 35.9 Å². The summed E-state index contributed by atoms with van der Waals surface area (Å²) < 4.78 is 11.7. The molecule has 0 aromatic heterocycles. The zero-order valence-corrected chi connectivity index (χ0v) is 13.6. The third-order valence-electron chi connectivity index (χ3n) is 3.25. The molecule has 0 unspecified atom stereocenters. The highest BCUT2D eigenvalue weighted by molar-refractivity contribution is 5.19. The van der Waals surface area contributed by atoms with Crippen molar-refractivity contribution in [1.82, 2.24) is 0 Å². The van der Waals surface area contributed by atoms with E-state index in [0.717, 1.165) is 19.3 Å². The Kier molecular flexibility index (Phi) is 9.61. The Balaban J connectivity index is 2.69. The van der Waals surface area contributed by atoms with Crippen molar-refractivity contribution in [2.45, 2.75) is 58.7 Å². The molecule has 2 nitrogen and oxygen atoms in total. The summed E-state index contributed by atoms with van der Waals surface area (Å²) in [6.45, 7) is 7.60. The number of benzene rings is 1. The van der Waals surface area contributed by atoms with Gasteiger partial charge in [-0.1, -0.05) is 49.6 Å². The zero-order valence-electron chi connectivity index (χ0n) is 13.6. The van der Waals surface area contributed by atoms with Crippen LogP contribution >= 0.6 is 0 Å². The average Bonchev–Trinajstić information content (AvgIpc) is 2.52. The summed E-state index contributed by atoms with van der Waals surface area (Å²) in [6.07, 6.45) is 4.06. The molecule has 0 N–H and O–H groups in total. The van der Waals surface area contributed by atoms with Crippen LogP contribution in [0.3, 0.4) is 0 Å². The third kappa shape index (κ3) is 7.32. The van der Waals surface area contributed by atoms with Crippen LogP contribution in [0, 0.1) is 11.8 Å². The molecule has 0 radical (unpaired) electrons. The zero-order chi connectivity index (χ0) is 15.3. The van der Waals surface area contributed by atoms with Crippen molar-refractivity contribution in [2.24, 2.45) is 0 Å². The van der Waals surface area contributed by atoms with Crippen molar-refractivity contribution in [3.63, 3.8) is 0 Å². The molecular formula is C19H28O2. The largest absolute Gasteiger partial charge is 0.374 e. The highest BCUT2D eigenvalue weighted by Gasteiger charge is 2.17. The van der Waals surface area contributed by atoms with Gasteiger partial charge in [0.15, 0.2) is 0 Å². The minimum atomic E-state index is -0.0522. The molecule has 0 bridgehead atoms. The first-order valence-electron chi connectivity index (χ1n) is 8.08. The van der Waals surface area contributed by atoms with Gasteiger partial charge in [0.1, 0.15) is 6.10 Å². The molecule has 2 heteroatoms. The monoisotopic (exact) mass is 288 g/mol. The summed E-state index contributed by atoms with van der Waals surface area (Å²) in [4.78, 5) is 0. The van der Waals surface area contributed by atoms with Gasteiger partial charge < -0.3 is 9.47 Å². The van der Waals surface area contributed by atoms with E-state index < -0.39 is 0 Å². The van der Waals surface area contributed by atoms with E-state index in [2.05, 4.69) is 30.9 Å². The van der Waals surface area contributed by atoms with E-state index in [1.165, 1.54) is 12.0 Å². The predicted octanol–water partition coefficient (Wildman–Crippen LogP) is 4.75. The summed E-state index contributed by atoms with van der Waals surface area (Å²) in [5, 5.41) is 0. The lowest BCUT2D eigenvalue weighted by Crippen LogP contribution is -2.17. The molecule has 1 rings (SSSR count). The first kappa shape index (κ1) is 17.8. The van der Waals surface area contributed by atoms with Crippen molar-refractivity contribution in [2.75, 3.05) is 13.2 Å². The fraction of sp³-hybridized carbons (Fsp3) is 0.579. The molecule has 0 fully saturated rings. The molecule has 0 aliphatic rings. The second kappa shape index (κ2) is 11.4. The number of ether oxygens (including phenoxy) is 2. The van der Waals surface area contributed by atoms with Crippen molar-refractivity contribution < 1.29 is 9.47 Å². The van der Waals surface area contributed by atoms with E-state index in [1.807, 2.05) is 32.0 Å². The maximum absolute atomic E-state index is 5.88. The van der Waals surface area contributed by atoms with Gasteiger partial charge in [-0.2, -0.15) is 0 Å². The van der Waals surface area contributed by atoms with E-state index in [0.29, 0.717) is 13.2 Å². The van der Waals surface area contributed by atoms with Gasteiger partial charge in [0.05, 0.1) is 6.10 Å². The second-order valence-electron chi connectivity index (χ2n) is 4.96. The molecule has 116 valence electrons. The van der Waals surface area contributed by atoms with E-state index in [1.54, 1.807) is 0 Å². The molecule has 21 heavy (non-hydrogen) atoms. The molecule has 1 aromatic carbocycles. The van der Waals surface area contributed by atoms with Crippen molar-refractivity contribution >= 4 is 0 Å². The summed E-state index contributed by atoms with van der Waals surface area (Å²) in [6, 6.07) is 10.3. The van der Waals surface area contributed by atoms with E-state index >= 15 is 0 Å². The SMILES string of the molecule is CCCCC#C[C@@H](C[C@@H](OCC)c1ccccc1)OCC. The molecule has 0 spiro atoms. The fourth-order valence-corrected chi connectivity index (χ4v) is 2.18. The maximum atomic E-state index is 5.88. The molecule has 1 aromatic rings. The summed E-state index contributed by atoms with van der Waals surface area (Å²) in [5.74, 6) is 6.50. The third-order valence-corrected chi connectivity index (χ3v) is 3.25. The Bertz CT molecular complexity index is 416. The summed E-state index contributed by atoms with van der Waals surface area (Å²) in [7, 11) is 0. The maximum Gasteiger partial charge on any atom is 0.121 e. The van der Waals surface area contributed by atoms with Crippen LogP contribution < -0.4 is 0 Å². The quantitative estimate of drug-likeness (QED) is 0.482. The van der Waals surface area contributed by atoms with Gasteiger partial charge in [-0.25, -0.2) is 0 Å². The molecule has 0 aliphatic carbocycles. The smallest absolute Gasteiger partial charge is 0.121 e. The minimum Gasteiger partial charge on any atom is -0.374 e. The lowest BCUT2D eigenvalue weighted by Gasteiger charge is -2.21. The Hall–Kier alpha value is -1.30. The van der Waals surface area contributed by atoms with Gasteiger partial charge >= 0.3 is 0 Å². The second-order valence-corrected chi connectivity index (χ2v) is 4.96. The number of unbranched alkanes of at least 4 members (excludes halogenated alkanes) is 2. The molecule has 2 atom stereocenters. The fourth-order valence-electron chi connectivity index (χ4n) is 2.18. The lowest BCUT2D eigenvalue weighted by atomic mass is 10.0. The van der Waals surface area contributed by atoms with Crippen molar-refractivity contribution in [3.8, 4) is 11.8 Å². The van der Waals surface area contributed by atoms with Gasteiger partial charge in [0.2, 0.25) is 0 Å².